The van der Waals surface area contributed by atoms with Gasteiger partial charge in [-0.1, -0.05) is 17.3 Å². The summed E-state index contributed by atoms with van der Waals surface area (Å²) in [5, 5.41) is 16.0. The first kappa shape index (κ1) is 12.2. The Kier molecular flexibility index (Phi) is 3.32. The number of carboxylic acid groups (broad SMARTS) is 1. The van der Waals surface area contributed by atoms with E-state index in [9.17, 15) is 4.79 Å². The second-order valence-electron chi connectivity index (χ2n) is 4.01. The Morgan fingerprint density at radius 1 is 1.39 bits per heavy atom. The third-order valence-corrected chi connectivity index (χ3v) is 2.79. The molecular weight excluding hydrogens is 232 g/mol. The molecule has 0 aliphatic heterocycles. The minimum absolute atomic E-state index is 0.254. The van der Waals surface area contributed by atoms with Crippen LogP contribution in [0.3, 0.4) is 0 Å². The summed E-state index contributed by atoms with van der Waals surface area (Å²) in [4.78, 5) is 11.0. The average molecular weight is 246 g/mol. The quantitative estimate of drug-likeness (QED) is 0.867. The number of carbonyl (C=O) groups is 1. The van der Waals surface area contributed by atoms with Crippen molar-refractivity contribution in [3.8, 4) is 0 Å². The maximum absolute atomic E-state index is 11.0. The summed E-state index contributed by atoms with van der Waals surface area (Å²) in [6.07, 6.45) is 0. The molecule has 0 saturated heterocycles. The number of para-hydroxylation sites is 1. The van der Waals surface area contributed by atoms with E-state index in [2.05, 4.69) is 10.5 Å². The van der Waals surface area contributed by atoms with Gasteiger partial charge in [0.25, 0.3) is 0 Å². The van der Waals surface area contributed by atoms with E-state index in [-0.39, 0.29) is 5.56 Å². The van der Waals surface area contributed by atoms with E-state index in [0.29, 0.717) is 12.2 Å². The topological polar surface area (TPSA) is 75.4 Å². The van der Waals surface area contributed by atoms with Crippen molar-refractivity contribution in [3.63, 3.8) is 0 Å². The van der Waals surface area contributed by atoms with E-state index in [1.54, 1.807) is 24.3 Å². The lowest BCUT2D eigenvalue weighted by atomic mass is 10.1. The number of carboxylic acids is 1. The minimum atomic E-state index is -0.947. The Balaban J connectivity index is 2.18. The Bertz CT molecular complexity index is 556. The van der Waals surface area contributed by atoms with Gasteiger partial charge >= 0.3 is 5.97 Å². The van der Waals surface area contributed by atoms with Crippen molar-refractivity contribution >= 4 is 11.7 Å². The van der Waals surface area contributed by atoms with Gasteiger partial charge in [-0.15, -0.1) is 0 Å². The Hall–Kier alpha value is -2.30. The molecule has 94 valence electrons. The molecule has 0 atom stereocenters. The lowest BCUT2D eigenvalue weighted by Gasteiger charge is -2.08. The molecule has 0 amide bonds. The van der Waals surface area contributed by atoms with Gasteiger partial charge < -0.3 is 14.9 Å². The van der Waals surface area contributed by atoms with Crippen LogP contribution < -0.4 is 5.32 Å². The summed E-state index contributed by atoms with van der Waals surface area (Å²) >= 11 is 0. The van der Waals surface area contributed by atoms with Crippen LogP contribution in [0.2, 0.25) is 0 Å². The second kappa shape index (κ2) is 4.91. The normalized spacial score (nSPS) is 10.3. The van der Waals surface area contributed by atoms with Gasteiger partial charge in [0.1, 0.15) is 5.76 Å². The molecule has 1 aromatic carbocycles. The van der Waals surface area contributed by atoms with E-state index < -0.39 is 5.97 Å². The number of aromatic carboxylic acids is 1. The van der Waals surface area contributed by atoms with Gasteiger partial charge in [0.05, 0.1) is 11.3 Å². The van der Waals surface area contributed by atoms with Gasteiger partial charge in [-0.25, -0.2) is 4.79 Å². The molecule has 0 aliphatic rings. The summed E-state index contributed by atoms with van der Waals surface area (Å²) < 4.78 is 5.06. The molecule has 1 heterocycles. The second-order valence-corrected chi connectivity index (χ2v) is 4.01. The third-order valence-electron chi connectivity index (χ3n) is 2.79. The smallest absolute Gasteiger partial charge is 0.337 e. The first-order valence-corrected chi connectivity index (χ1v) is 5.57. The maximum Gasteiger partial charge on any atom is 0.337 e. The van der Waals surface area contributed by atoms with E-state index in [1.807, 2.05) is 13.8 Å². The average Bonchev–Trinajstić information content (AvgIpc) is 2.67. The number of anilines is 1. The van der Waals surface area contributed by atoms with Crippen LogP contribution in [0.1, 0.15) is 27.4 Å². The summed E-state index contributed by atoms with van der Waals surface area (Å²) in [5.74, 6) is -0.204. The van der Waals surface area contributed by atoms with Crippen LogP contribution in [-0.4, -0.2) is 16.2 Å². The molecule has 5 nitrogen and oxygen atoms in total. The minimum Gasteiger partial charge on any atom is -0.478 e. The van der Waals surface area contributed by atoms with Crippen LogP contribution in [0, 0.1) is 13.8 Å². The summed E-state index contributed by atoms with van der Waals surface area (Å²) in [5.41, 5.74) is 2.61. The third kappa shape index (κ3) is 2.34. The highest BCUT2D eigenvalue weighted by Crippen LogP contribution is 2.18. The lowest BCUT2D eigenvalue weighted by Crippen LogP contribution is -2.07. The molecule has 0 spiro atoms. The lowest BCUT2D eigenvalue weighted by molar-refractivity contribution is 0.0698. The fourth-order valence-corrected chi connectivity index (χ4v) is 1.76. The number of hydrogen-bond donors (Lipinski definition) is 2. The van der Waals surface area contributed by atoms with Crippen molar-refractivity contribution in [2.45, 2.75) is 20.4 Å². The number of aryl methyl sites for hydroxylation is 2. The Morgan fingerprint density at radius 3 is 2.72 bits per heavy atom. The molecule has 0 aliphatic carbocycles. The van der Waals surface area contributed by atoms with E-state index in [0.717, 1.165) is 17.0 Å². The highest BCUT2D eigenvalue weighted by Gasteiger charge is 2.11. The number of benzene rings is 1. The van der Waals surface area contributed by atoms with Crippen molar-refractivity contribution in [3.05, 3.63) is 46.8 Å². The molecule has 0 bridgehead atoms. The van der Waals surface area contributed by atoms with E-state index >= 15 is 0 Å². The van der Waals surface area contributed by atoms with Crippen molar-refractivity contribution in [1.29, 1.82) is 0 Å². The number of aromatic nitrogens is 1. The summed E-state index contributed by atoms with van der Waals surface area (Å²) in [6, 6.07) is 6.80. The molecule has 2 aromatic rings. The van der Waals surface area contributed by atoms with Crippen LogP contribution in [-0.2, 0) is 6.54 Å². The molecule has 0 saturated carbocycles. The first-order chi connectivity index (χ1) is 8.59. The number of nitrogens with one attached hydrogen (secondary N) is 1. The molecule has 2 rings (SSSR count). The first-order valence-electron chi connectivity index (χ1n) is 5.57. The van der Waals surface area contributed by atoms with Crippen molar-refractivity contribution in [2.24, 2.45) is 0 Å². The van der Waals surface area contributed by atoms with Crippen LogP contribution in [0.4, 0.5) is 5.69 Å². The zero-order valence-corrected chi connectivity index (χ0v) is 10.2. The molecular formula is C13H14N2O3. The number of hydrogen-bond acceptors (Lipinski definition) is 4. The van der Waals surface area contributed by atoms with Gasteiger partial charge in [0, 0.05) is 17.8 Å². The van der Waals surface area contributed by atoms with Crippen molar-refractivity contribution in [2.75, 3.05) is 5.32 Å². The zero-order valence-electron chi connectivity index (χ0n) is 10.2. The van der Waals surface area contributed by atoms with Crippen molar-refractivity contribution in [1.82, 2.24) is 5.16 Å². The van der Waals surface area contributed by atoms with Crippen LogP contribution >= 0.6 is 0 Å². The summed E-state index contributed by atoms with van der Waals surface area (Å²) in [6.45, 7) is 4.18. The predicted octanol–water partition coefficient (Wildman–Crippen LogP) is 2.60. The molecule has 0 unspecified atom stereocenters. The fourth-order valence-electron chi connectivity index (χ4n) is 1.76. The maximum atomic E-state index is 11.0. The van der Waals surface area contributed by atoms with E-state index in [4.69, 9.17) is 9.63 Å². The molecule has 1 aromatic heterocycles. The highest BCUT2D eigenvalue weighted by molar-refractivity contribution is 5.94. The van der Waals surface area contributed by atoms with E-state index in [1.165, 1.54) is 0 Å². The molecule has 18 heavy (non-hydrogen) atoms. The van der Waals surface area contributed by atoms with Crippen LogP contribution in [0.25, 0.3) is 0 Å². The van der Waals surface area contributed by atoms with Gasteiger partial charge in [0.15, 0.2) is 0 Å². The van der Waals surface area contributed by atoms with Crippen molar-refractivity contribution < 1.29 is 14.4 Å². The monoisotopic (exact) mass is 246 g/mol. The molecule has 2 N–H and O–H groups in total. The van der Waals surface area contributed by atoms with Gasteiger partial charge in [-0.05, 0) is 26.0 Å². The zero-order chi connectivity index (χ0) is 13.1. The standard InChI is InChI=1S/C13H14N2O3/c1-8-11(9(2)18-15-8)7-14-12-6-4-3-5-10(12)13(16)17/h3-6,14H,7H2,1-2H3,(H,16,17). The Morgan fingerprint density at radius 2 is 2.11 bits per heavy atom. The largest absolute Gasteiger partial charge is 0.478 e. The fraction of sp³-hybridized carbons (Fsp3) is 0.231. The van der Waals surface area contributed by atoms with Crippen LogP contribution in [0.15, 0.2) is 28.8 Å². The molecule has 0 fully saturated rings. The SMILES string of the molecule is Cc1noc(C)c1CNc1ccccc1C(=O)O. The molecule has 0 radical (unpaired) electrons. The molecule has 5 heteroatoms. The number of nitrogens with zero attached hydrogens (tertiary/aromatic N) is 1. The summed E-state index contributed by atoms with van der Waals surface area (Å²) in [7, 11) is 0. The van der Waals surface area contributed by atoms with Gasteiger partial charge in [0.2, 0.25) is 0 Å². The Labute approximate surface area is 104 Å². The van der Waals surface area contributed by atoms with Gasteiger partial charge in [-0.2, -0.15) is 0 Å². The van der Waals surface area contributed by atoms with Gasteiger partial charge in [-0.3, -0.25) is 0 Å². The number of rotatable bonds is 4. The predicted molar refractivity (Wildman–Crippen MR) is 66.7 cm³/mol. The van der Waals surface area contributed by atoms with Crippen LogP contribution in [0.5, 0.6) is 0 Å². The highest BCUT2D eigenvalue weighted by atomic mass is 16.5.